The van der Waals surface area contributed by atoms with Crippen molar-refractivity contribution in [3.05, 3.63) is 53.6 Å². The number of nitrogens with one attached hydrogen (secondary N) is 1. The average Bonchev–Trinajstić information content (AvgIpc) is 3.08. The number of halogens is 3. The number of amides is 1. The Morgan fingerprint density at radius 2 is 1.96 bits per heavy atom. The Hall–Kier alpha value is -3.16. The van der Waals surface area contributed by atoms with Crippen LogP contribution in [0.4, 0.5) is 18.9 Å². The van der Waals surface area contributed by atoms with Crippen molar-refractivity contribution < 1.29 is 32.2 Å². The zero-order valence-electron chi connectivity index (χ0n) is 14.3. The first kappa shape index (κ1) is 18.6. The van der Waals surface area contributed by atoms with Crippen molar-refractivity contribution in [2.24, 2.45) is 0 Å². The SMILES string of the molecule is CCOc1cc(C(F)(F)F)ccc1/C=C/C(=O)Nc1ccc2c(c1)OCO2. The van der Waals surface area contributed by atoms with E-state index in [1.54, 1.807) is 25.1 Å². The van der Waals surface area contributed by atoms with Crippen LogP contribution in [-0.4, -0.2) is 19.3 Å². The molecule has 1 heterocycles. The molecule has 1 N–H and O–H groups in total. The number of carbonyl (C=O) groups is 1. The van der Waals surface area contributed by atoms with E-state index in [1.807, 2.05) is 0 Å². The summed E-state index contributed by atoms with van der Waals surface area (Å²) in [6.07, 6.45) is -1.85. The van der Waals surface area contributed by atoms with Crippen LogP contribution >= 0.6 is 0 Å². The molecule has 2 aromatic rings. The number of carbonyl (C=O) groups excluding carboxylic acids is 1. The molecule has 5 nitrogen and oxygen atoms in total. The maximum Gasteiger partial charge on any atom is 0.416 e. The van der Waals surface area contributed by atoms with Gasteiger partial charge in [0.1, 0.15) is 5.75 Å². The van der Waals surface area contributed by atoms with Gasteiger partial charge in [0.2, 0.25) is 12.7 Å². The molecule has 8 heteroatoms. The van der Waals surface area contributed by atoms with Crippen molar-refractivity contribution in [1.29, 1.82) is 0 Å². The lowest BCUT2D eigenvalue weighted by atomic mass is 10.1. The Bertz CT molecular complexity index is 878. The molecule has 0 radical (unpaired) electrons. The lowest BCUT2D eigenvalue weighted by Crippen LogP contribution is -2.08. The van der Waals surface area contributed by atoms with Crippen LogP contribution in [0.25, 0.3) is 6.08 Å². The molecule has 2 aromatic carbocycles. The highest BCUT2D eigenvalue weighted by atomic mass is 19.4. The van der Waals surface area contributed by atoms with Crippen LogP contribution in [0.1, 0.15) is 18.1 Å². The number of hydrogen-bond acceptors (Lipinski definition) is 4. The summed E-state index contributed by atoms with van der Waals surface area (Å²) >= 11 is 0. The summed E-state index contributed by atoms with van der Waals surface area (Å²) in [5.74, 6) is 0.725. The molecular weight excluding hydrogens is 363 g/mol. The molecule has 0 atom stereocenters. The van der Waals surface area contributed by atoms with Crippen LogP contribution in [0.5, 0.6) is 17.2 Å². The van der Waals surface area contributed by atoms with Crippen molar-refractivity contribution >= 4 is 17.7 Å². The van der Waals surface area contributed by atoms with Gasteiger partial charge in [-0.1, -0.05) is 6.07 Å². The largest absolute Gasteiger partial charge is 0.493 e. The second-order valence-corrected chi connectivity index (χ2v) is 5.57. The van der Waals surface area contributed by atoms with Gasteiger partial charge in [-0.05, 0) is 37.3 Å². The van der Waals surface area contributed by atoms with E-state index in [4.69, 9.17) is 14.2 Å². The van der Waals surface area contributed by atoms with Gasteiger partial charge in [-0.3, -0.25) is 4.79 Å². The van der Waals surface area contributed by atoms with Crippen LogP contribution in [0.2, 0.25) is 0 Å². The van der Waals surface area contributed by atoms with E-state index in [1.165, 1.54) is 18.2 Å². The van der Waals surface area contributed by atoms with Crippen molar-refractivity contribution in [2.75, 3.05) is 18.7 Å². The highest BCUT2D eigenvalue weighted by Crippen LogP contribution is 2.35. The predicted octanol–water partition coefficient (Wildman–Crippen LogP) is 4.48. The third-order valence-corrected chi connectivity index (χ3v) is 3.70. The Labute approximate surface area is 153 Å². The van der Waals surface area contributed by atoms with Crippen LogP contribution < -0.4 is 19.5 Å². The molecule has 0 aromatic heterocycles. The van der Waals surface area contributed by atoms with Crippen molar-refractivity contribution in [2.45, 2.75) is 13.1 Å². The third kappa shape index (κ3) is 4.52. The summed E-state index contributed by atoms with van der Waals surface area (Å²) in [7, 11) is 0. The molecule has 3 rings (SSSR count). The monoisotopic (exact) mass is 379 g/mol. The van der Waals surface area contributed by atoms with E-state index in [0.717, 1.165) is 12.1 Å². The number of fused-ring (bicyclic) bond motifs is 1. The highest BCUT2D eigenvalue weighted by Gasteiger charge is 2.31. The summed E-state index contributed by atoms with van der Waals surface area (Å²) in [5, 5.41) is 2.65. The number of ether oxygens (including phenoxy) is 3. The van der Waals surface area contributed by atoms with Gasteiger partial charge in [0.15, 0.2) is 11.5 Å². The van der Waals surface area contributed by atoms with E-state index in [2.05, 4.69) is 5.32 Å². The van der Waals surface area contributed by atoms with E-state index in [0.29, 0.717) is 22.7 Å². The second-order valence-electron chi connectivity index (χ2n) is 5.57. The van der Waals surface area contributed by atoms with Gasteiger partial charge in [-0.15, -0.1) is 0 Å². The summed E-state index contributed by atoms with van der Waals surface area (Å²) < 4.78 is 54.2. The maximum absolute atomic E-state index is 12.8. The fraction of sp³-hybridized carbons (Fsp3) is 0.211. The van der Waals surface area contributed by atoms with Gasteiger partial charge in [-0.25, -0.2) is 0 Å². The molecule has 1 aliphatic heterocycles. The van der Waals surface area contributed by atoms with Crippen molar-refractivity contribution in [1.82, 2.24) is 0 Å². The summed E-state index contributed by atoms with van der Waals surface area (Å²) in [4.78, 5) is 12.1. The van der Waals surface area contributed by atoms with Crippen LogP contribution in [0, 0.1) is 0 Å². The van der Waals surface area contributed by atoms with Crippen LogP contribution in [0.3, 0.4) is 0 Å². The molecule has 1 amide bonds. The first-order valence-corrected chi connectivity index (χ1v) is 8.09. The smallest absolute Gasteiger partial charge is 0.416 e. The number of anilines is 1. The molecule has 0 saturated carbocycles. The normalized spacial score (nSPS) is 13.0. The fourth-order valence-corrected chi connectivity index (χ4v) is 2.45. The molecule has 0 unspecified atom stereocenters. The molecule has 0 spiro atoms. The van der Waals surface area contributed by atoms with Crippen LogP contribution in [0.15, 0.2) is 42.5 Å². The Kier molecular flexibility index (Phi) is 5.25. The minimum Gasteiger partial charge on any atom is -0.493 e. The zero-order valence-corrected chi connectivity index (χ0v) is 14.3. The van der Waals surface area contributed by atoms with E-state index < -0.39 is 17.6 Å². The minimum atomic E-state index is -4.47. The van der Waals surface area contributed by atoms with Gasteiger partial charge in [0.05, 0.1) is 12.2 Å². The molecule has 1 aliphatic rings. The van der Waals surface area contributed by atoms with E-state index in [9.17, 15) is 18.0 Å². The first-order chi connectivity index (χ1) is 12.9. The van der Waals surface area contributed by atoms with Gasteiger partial charge < -0.3 is 19.5 Å². The number of alkyl halides is 3. The Morgan fingerprint density at radius 1 is 1.19 bits per heavy atom. The molecular formula is C19H16F3NO4. The molecule has 142 valence electrons. The highest BCUT2D eigenvalue weighted by molar-refractivity contribution is 6.02. The molecule has 0 fully saturated rings. The Balaban J connectivity index is 1.73. The number of rotatable bonds is 5. The van der Waals surface area contributed by atoms with E-state index >= 15 is 0 Å². The Morgan fingerprint density at radius 3 is 2.70 bits per heavy atom. The quantitative estimate of drug-likeness (QED) is 0.778. The van der Waals surface area contributed by atoms with Gasteiger partial charge in [0.25, 0.3) is 0 Å². The lowest BCUT2D eigenvalue weighted by molar-refractivity contribution is -0.137. The number of hydrogen-bond donors (Lipinski definition) is 1. The second kappa shape index (κ2) is 7.61. The fourth-order valence-electron chi connectivity index (χ4n) is 2.45. The van der Waals surface area contributed by atoms with Crippen molar-refractivity contribution in [3.8, 4) is 17.2 Å². The molecule has 0 saturated heterocycles. The third-order valence-electron chi connectivity index (χ3n) is 3.70. The van der Waals surface area contributed by atoms with Gasteiger partial charge >= 0.3 is 6.18 Å². The summed E-state index contributed by atoms with van der Waals surface area (Å²) in [6.45, 7) is 1.99. The maximum atomic E-state index is 12.8. The average molecular weight is 379 g/mol. The molecule has 0 bridgehead atoms. The van der Waals surface area contributed by atoms with E-state index in [-0.39, 0.29) is 19.1 Å². The van der Waals surface area contributed by atoms with Crippen molar-refractivity contribution in [3.63, 3.8) is 0 Å². The topological polar surface area (TPSA) is 56.8 Å². The lowest BCUT2D eigenvalue weighted by Gasteiger charge is -2.12. The van der Waals surface area contributed by atoms with Crippen LogP contribution in [-0.2, 0) is 11.0 Å². The standard InChI is InChI=1S/C19H16F3NO4/c1-2-25-16-9-13(19(20,21)22)5-3-12(16)4-8-18(24)23-14-6-7-15-17(10-14)27-11-26-15/h3-10H,2,11H2,1H3,(H,23,24)/b8-4+. The minimum absolute atomic E-state index is 0.0551. The summed E-state index contributed by atoms with van der Waals surface area (Å²) in [5.41, 5.74) is 0.0601. The van der Waals surface area contributed by atoms with Gasteiger partial charge in [0, 0.05) is 23.4 Å². The summed E-state index contributed by atoms with van der Waals surface area (Å²) in [6, 6.07) is 8.07. The molecule has 27 heavy (non-hydrogen) atoms. The number of benzene rings is 2. The van der Waals surface area contributed by atoms with Gasteiger partial charge in [-0.2, -0.15) is 13.2 Å². The predicted molar refractivity (Wildman–Crippen MR) is 92.8 cm³/mol. The zero-order chi connectivity index (χ0) is 19.4. The first-order valence-electron chi connectivity index (χ1n) is 8.09. The molecule has 0 aliphatic carbocycles.